The summed E-state index contributed by atoms with van der Waals surface area (Å²) in [4.78, 5) is 26.7. The van der Waals surface area contributed by atoms with Gasteiger partial charge in [-0.1, -0.05) is 42.5 Å². The molecule has 4 rings (SSSR count). The summed E-state index contributed by atoms with van der Waals surface area (Å²) in [5.41, 5.74) is 3.93. The fraction of sp³-hybridized carbons (Fsp3) is 0.200. The molecular formula is C30H29FN2O4. The van der Waals surface area contributed by atoms with Gasteiger partial charge >= 0.3 is 5.97 Å². The molecule has 37 heavy (non-hydrogen) atoms. The number of halogens is 1. The van der Waals surface area contributed by atoms with Crippen LogP contribution in [0.2, 0.25) is 0 Å². The number of hydrogen-bond donors (Lipinski definition) is 2. The highest BCUT2D eigenvalue weighted by molar-refractivity contribution is 5.97. The zero-order valence-corrected chi connectivity index (χ0v) is 20.6. The van der Waals surface area contributed by atoms with E-state index in [0.29, 0.717) is 37.1 Å². The Morgan fingerprint density at radius 3 is 2.11 bits per heavy atom. The number of allylic oxidation sites excluding steroid dienone is 3. The number of carbonyl (C=O) groups is 2. The number of carboxylic acid groups (broad SMARTS) is 1. The molecule has 2 N–H and O–H groups in total. The molecule has 1 amide bonds. The molecule has 0 saturated heterocycles. The van der Waals surface area contributed by atoms with Gasteiger partial charge in [-0.3, -0.25) is 4.79 Å². The third-order valence-corrected chi connectivity index (χ3v) is 6.24. The minimum atomic E-state index is -1.08. The van der Waals surface area contributed by atoms with E-state index in [2.05, 4.69) is 10.2 Å². The molecule has 1 unspecified atom stereocenters. The summed E-state index contributed by atoms with van der Waals surface area (Å²) in [7, 11) is 1.62. The molecule has 0 aromatic heterocycles. The third-order valence-electron chi connectivity index (χ3n) is 6.24. The molecule has 1 aliphatic rings. The Balaban J connectivity index is 1.48. The van der Waals surface area contributed by atoms with Crippen LogP contribution in [0.3, 0.4) is 0 Å². The van der Waals surface area contributed by atoms with Crippen LogP contribution in [0.5, 0.6) is 5.75 Å². The number of amides is 1. The minimum Gasteiger partial charge on any atom is -0.497 e. The van der Waals surface area contributed by atoms with Crippen molar-refractivity contribution in [1.82, 2.24) is 5.32 Å². The number of aliphatic carboxylic acids is 1. The average molecular weight is 501 g/mol. The number of benzene rings is 3. The molecule has 0 fully saturated rings. The van der Waals surface area contributed by atoms with Crippen LogP contribution in [0.15, 0.2) is 96.6 Å². The topological polar surface area (TPSA) is 78.9 Å². The Labute approximate surface area is 215 Å². The second-order valence-corrected chi connectivity index (χ2v) is 8.81. The van der Waals surface area contributed by atoms with Crippen LogP contribution in [0.25, 0.3) is 0 Å². The van der Waals surface area contributed by atoms with Crippen molar-refractivity contribution in [3.63, 3.8) is 0 Å². The number of hydrogen-bond acceptors (Lipinski definition) is 4. The first-order valence-corrected chi connectivity index (χ1v) is 12.0. The number of ether oxygens (including phenoxy) is 1. The van der Waals surface area contributed by atoms with Gasteiger partial charge in [0.1, 0.15) is 17.6 Å². The normalized spacial score (nSPS) is 13.4. The lowest BCUT2D eigenvalue weighted by atomic mass is 9.98. The Bertz CT molecular complexity index is 1280. The van der Waals surface area contributed by atoms with Crippen molar-refractivity contribution in [3.8, 4) is 5.75 Å². The van der Waals surface area contributed by atoms with Crippen molar-refractivity contribution in [2.75, 3.05) is 12.0 Å². The fourth-order valence-electron chi connectivity index (χ4n) is 4.21. The summed E-state index contributed by atoms with van der Waals surface area (Å²) in [6, 6.07) is 20.1. The van der Waals surface area contributed by atoms with Crippen molar-refractivity contribution in [2.24, 2.45) is 0 Å². The monoisotopic (exact) mass is 500 g/mol. The van der Waals surface area contributed by atoms with Gasteiger partial charge in [-0.15, -0.1) is 0 Å². The smallest absolute Gasteiger partial charge is 0.330 e. The van der Waals surface area contributed by atoms with Crippen LogP contribution >= 0.6 is 0 Å². The standard InChI is InChI=1S/C30H29FN2O4/c1-37-27-17-9-22(10-18-27)20-33(26-15-13-25(31)14-16-26)19-21-7-11-24(12-8-21)29(34)32-28(30(35)36)23-5-3-2-4-6-23/h2-3,6-18,28H,4-5,19-20H2,1H3,(H,32,34)(H,35,36). The van der Waals surface area contributed by atoms with E-state index in [4.69, 9.17) is 4.74 Å². The van der Waals surface area contributed by atoms with E-state index in [1.807, 2.05) is 54.6 Å². The quantitative estimate of drug-likeness (QED) is 0.360. The third kappa shape index (κ3) is 6.85. The maximum atomic E-state index is 13.6. The summed E-state index contributed by atoms with van der Waals surface area (Å²) in [5.74, 6) is -1.06. The Morgan fingerprint density at radius 2 is 1.57 bits per heavy atom. The predicted molar refractivity (Wildman–Crippen MR) is 141 cm³/mol. The number of methoxy groups -OCH3 is 1. The van der Waals surface area contributed by atoms with Crippen LogP contribution in [0, 0.1) is 5.82 Å². The second-order valence-electron chi connectivity index (χ2n) is 8.81. The number of carbonyl (C=O) groups excluding carboxylic acids is 1. The summed E-state index contributed by atoms with van der Waals surface area (Å²) in [6.07, 6.45) is 6.88. The van der Waals surface area contributed by atoms with E-state index in [1.54, 1.807) is 31.4 Å². The van der Waals surface area contributed by atoms with Gasteiger partial charge in [-0.05, 0) is 78.1 Å². The van der Waals surface area contributed by atoms with Crippen molar-refractivity contribution in [2.45, 2.75) is 32.0 Å². The van der Waals surface area contributed by atoms with E-state index in [9.17, 15) is 19.1 Å². The lowest BCUT2D eigenvalue weighted by Gasteiger charge is -2.25. The minimum absolute atomic E-state index is 0.303. The molecule has 1 aliphatic carbocycles. The molecule has 3 aromatic rings. The van der Waals surface area contributed by atoms with E-state index in [1.165, 1.54) is 12.1 Å². The van der Waals surface area contributed by atoms with Crippen molar-refractivity contribution in [3.05, 3.63) is 119 Å². The fourth-order valence-corrected chi connectivity index (χ4v) is 4.21. The van der Waals surface area contributed by atoms with Gasteiger partial charge in [0, 0.05) is 24.3 Å². The Morgan fingerprint density at radius 1 is 0.946 bits per heavy atom. The van der Waals surface area contributed by atoms with Crippen LogP contribution in [-0.4, -0.2) is 30.1 Å². The number of rotatable bonds is 10. The maximum Gasteiger partial charge on any atom is 0.330 e. The molecule has 0 bridgehead atoms. The molecule has 0 spiro atoms. The largest absolute Gasteiger partial charge is 0.497 e. The number of anilines is 1. The zero-order valence-electron chi connectivity index (χ0n) is 20.6. The molecule has 0 saturated carbocycles. The number of carboxylic acids is 1. The summed E-state index contributed by atoms with van der Waals surface area (Å²) < 4.78 is 18.8. The predicted octanol–water partition coefficient (Wildman–Crippen LogP) is 5.50. The Hall–Kier alpha value is -4.39. The second kappa shape index (κ2) is 12.0. The molecular weight excluding hydrogens is 471 g/mol. The molecule has 0 aliphatic heterocycles. The van der Waals surface area contributed by atoms with Gasteiger partial charge < -0.3 is 20.1 Å². The molecule has 6 nitrogen and oxygen atoms in total. The molecule has 190 valence electrons. The number of nitrogens with one attached hydrogen (secondary N) is 1. The van der Waals surface area contributed by atoms with E-state index in [-0.39, 0.29) is 5.82 Å². The maximum absolute atomic E-state index is 13.6. The first-order chi connectivity index (χ1) is 17.9. The molecule has 0 radical (unpaired) electrons. The lowest BCUT2D eigenvalue weighted by molar-refractivity contribution is -0.138. The summed E-state index contributed by atoms with van der Waals surface area (Å²) >= 11 is 0. The van der Waals surface area contributed by atoms with E-state index in [0.717, 1.165) is 22.6 Å². The summed E-state index contributed by atoms with van der Waals surface area (Å²) in [6.45, 7) is 1.11. The highest BCUT2D eigenvalue weighted by atomic mass is 19.1. The summed E-state index contributed by atoms with van der Waals surface area (Å²) in [5, 5.41) is 12.3. The Kier molecular flexibility index (Phi) is 8.36. The van der Waals surface area contributed by atoms with E-state index >= 15 is 0 Å². The molecule has 0 heterocycles. The van der Waals surface area contributed by atoms with Gasteiger partial charge in [0.15, 0.2) is 0 Å². The van der Waals surface area contributed by atoms with E-state index < -0.39 is 17.9 Å². The van der Waals surface area contributed by atoms with Crippen molar-refractivity contribution in [1.29, 1.82) is 0 Å². The molecule has 7 heteroatoms. The highest BCUT2D eigenvalue weighted by Crippen LogP contribution is 2.23. The van der Waals surface area contributed by atoms with Gasteiger partial charge in [-0.25, -0.2) is 9.18 Å². The lowest BCUT2D eigenvalue weighted by Crippen LogP contribution is -2.42. The number of nitrogens with zero attached hydrogens (tertiary/aromatic N) is 1. The van der Waals surface area contributed by atoms with Crippen LogP contribution < -0.4 is 15.0 Å². The van der Waals surface area contributed by atoms with Crippen molar-refractivity contribution >= 4 is 17.6 Å². The average Bonchev–Trinajstić information content (AvgIpc) is 2.93. The van der Waals surface area contributed by atoms with Crippen LogP contribution in [0.1, 0.15) is 34.3 Å². The first kappa shape index (κ1) is 25.7. The van der Waals surface area contributed by atoms with Gasteiger partial charge in [-0.2, -0.15) is 0 Å². The van der Waals surface area contributed by atoms with Crippen LogP contribution in [0.4, 0.5) is 10.1 Å². The van der Waals surface area contributed by atoms with Crippen LogP contribution in [-0.2, 0) is 17.9 Å². The zero-order chi connectivity index (χ0) is 26.2. The molecule has 3 aromatic carbocycles. The SMILES string of the molecule is COc1ccc(CN(Cc2ccc(C(=O)NC(C(=O)O)C3=CCC=CC3)cc2)c2ccc(F)cc2)cc1. The van der Waals surface area contributed by atoms with Gasteiger partial charge in [0.05, 0.1) is 7.11 Å². The molecule has 1 atom stereocenters. The first-order valence-electron chi connectivity index (χ1n) is 12.0. The van der Waals surface area contributed by atoms with Gasteiger partial charge in [0.2, 0.25) is 0 Å². The van der Waals surface area contributed by atoms with Crippen molar-refractivity contribution < 1.29 is 23.8 Å². The highest BCUT2D eigenvalue weighted by Gasteiger charge is 2.24. The van der Waals surface area contributed by atoms with Gasteiger partial charge in [0.25, 0.3) is 5.91 Å².